The van der Waals surface area contributed by atoms with E-state index in [-0.39, 0.29) is 18.6 Å². The van der Waals surface area contributed by atoms with Crippen LogP contribution in [0.2, 0.25) is 0 Å². The molecule has 0 spiro atoms. The fourth-order valence-corrected chi connectivity index (χ4v) is 1.50. The molecule has 0 aliphatic carbocycles. The predicted molar refractivity (Wildman–Crippen MR) is 42.5 cm³/mol. The maximum Gasteiger partial charge on any atom is 0.186 e. The first-order valence-corrected chi connectivity index (χ1v) is 4.05. The highest BCUT2D eigenvalue weighted by Gasteiger charge is 2.50. The van der Waals surface area contributed by atoms with E-state index in [0.29, 0.717) is 0 Å². The van der Waals surface area contributed by atoms with Gasteiger partial charge in [0.1, 0.15) is 5.60 Å². The van der Waals surface area contributed by atoms with E-state index in [1.165, 1.54) is 7.11 Å². The van der Waals surface area contributed by atoms with Crippen molar-refractivity contribution in [1.82, 2.24) is 0 Å². The molecule has 0 aromatic rings. The highest BCUT2D eigenvalue weighted by molar-refractivity contribution is 4.93. The summed E-state index contributed by atoms with van der Waals surface area (Å²) in [7, 11) is 1.48. The molecule has 1 fully saturated rings. The zero-order valence-electron chi connectivity index (χ0n) is 7.65. The van der Waals surface area contributed by atoms with Crippen molar-refractivity contribution < 1.29 is 19.7 Å². The first-order chi connectivity index (χ1) is 5.54. The van der Waals surface area contributed by atoms with Gasteiger partial charge in [-0.25, -0.2) is 0 Å². The lowest BCUT2D eigenvalue weighted by Crippen LogP contribution is -2.41. The van der Waals surface area contributed by atoms with Gasteiger partial charge in [0, 0.05) is 13.0 Å². The van der Waals surface area contributed by atoms with Crippen LogP contribution in [-0.4, -0.2) is 41.9 Å². The molecule has 1 aliphatic rings. The summed E-state index contributed by atoms with van der Waals surface area (Å²) < 4.78 is 10.2. The van der Waals surface area contributed by atoms with E-state index in [1.54, 1.807) is 6.92 Å². The van der Waals surface area contributed by atoms with Crippen LogP contribution in [0.4, 0.5) is 0 Å². The summed E-state index contributed by atoms with van der Waals surface area (Å²) in [6.45, 7) is 3.40. The lowest BCUT2D eigenvalue weighted by Gasteiger charge is -2.25. The number of hydrogen-bond donors (Lipinski definition) is 2. The quantitative estimate of drug-likeness (QED) is 0.608. The van der Waals surface area contributed by atoms with Crippen molar-refractivity contribution in [1.29, 1.82) is 0 Å². The maximum atomic E-state index is 9.86. The Hall–Kier alpha value is -0.160. The van der Waals surface area contributed by atoms with E-state index >= 15 is 0 Å². The largest absolute Gasteiger partial charge is 0.394 e. The van der Waals surface area contributed by atoms with Gasteiger partial charge in [-0.3, -0.25) is 0 Å². The lowest BCUT2D eigenvalue weighted by molar-refractivity contribution is -0.184. The Morgan fingerprint density at radius 1 is 1.58 bits per heavy atom. The Kier molecular flexibility index (Phi) is 2.73. The second kappa shape index (κ2) is 3.30. The third kappa shape index (κ3) is 1.35. The van der Waals surface area contributed by atoms with E-state index < -0.39 is 11.9 Å². The molecule has 12 heavy (non-hydrogen) atoms. The minimum atomic E-state index is -1.01. The highest BCUT2D eigenvalue weighted by Crippen LogP contribution is 2.35. The molecular weight excluding hydrogens is 160 g/mol. The molecule has 1 saturated heterocycles. The van der Waals surface area contributed by atoms with Crippen LogP contribution >= 0.6 is 0 Å². The normalized spacial score (nSPS) is 48.2. The molecule has 0 saturated carbocycles. The fourth-order valence-electron chi connectivity index (χ4n) is 1.50. The molecule has 72 valence electrons. The Bertz CT molecular complexity index is 153. The molecule has 4 heteroatoms. The minimum Gasteiger partial charge on any atom is -0.394 e. The summed E-state index contributed by atoms with van der Waals surface area (Å²) in [5.74, 6) is -0.118. The summed E-state index contributed by atoms with van der Waals surface area (Å²) in [6.07, 6.45) is -0.963. The first kappa shape index (κ1) is 9.92. The van der Waals surface area contributed by atoms with Crippen LogP contribution in [0.5, 0.6) is 0 Å². The van der Waals surface area contributed by atoms with Gasteiger partial charge >= 0.3 is 0 Å². The van der Waals surface area contributed by atoms with Crippen LogP contribution in [-0.2, 0) is 9.47 Å². The van der Waals surface area contributed by atoms with E-state index in [4.69, 9.17) is 14.6 Å². The summed E-state index contributed by atoms with van der Waals surface area (Å²) in [5.41, 5.74) is -1.01. The summed E-state index contributed by atoms with van der Waals surface area (Å²) in [5, 5.41) is 18.8. The molecule has 2 N–H and O–H groups in total. The zero-order valence-corrected chi connectivity index (χ0v) is 7.65. The van der Waals surface area contributed by atoms with Gasteiger partial charge < -0.3 is 19.7 Å². The lowest BCUT2D eigenvalue weighted by atomic mass is 9.89. The van der Waals surface area contributed by atoms with Gasteiger partial charge in [0.2, 0.25) is 0 Å². The highest BCUT2D eigenvalue weighted by atomic mass is 16.7. The second-order valence-electron chi connectivity index (χ2n) is 3.44. The molecule has 1 aliphatic heterocycles. The molecule has 0 aromatic carbocycles. The maximum absolute atomic E-state index is 9.86. The number of hydrogen-bond acceptors (Lipinski definition) is 4. The van der Waals surface area contributed by atoms with Crippen molar-refractivity contribution in [2.45, 2.75) is 31.8 Å². The van der Waals surface area contributed by atoms with Gasteiger partial charge in [-0.2, -0.15) is 0 Å². The molecule has 0 radical (unpaired) electrons. The monoisotopic (exact) mass is 176 g/mol. The molecule has 0 aromatic heterocycles. The number of aliphatic hydroxyl groups excluding tert-OH is 1. The standard InChI is InChI=1S/C8H16O4/c1-5-6(4-9)12-7(11-3)8(5,2)10/h5-7,9-10H,4H2,1-3H3/t5-,6-,7+,8-/m1/s1. The summed E-state index contributed by atoms with van der Waals surface area (Å²) >= 11 is 0. The van der Waals surface area contributed by atoms with E-state index in [2.05, 4.69) is 0 Å². The van der Waals surface area contributed by atoms with Gasteiger partial charge in [0.05, 0.1) is 12.7 Å². The third-order valence-corrected chi connectivity index (χ3v) is 2.65. The van der Waals surface area contributed by atoms with Crippen molar-refractivity contribution in [3.8, 4) is 0 Å². The van der Waals surface area contributed by atoms with Gasteiger partial charge in [0.25, 0.3) is 0 Å². The van der Waals surface area contributed by atoms with Gasteiger partial charge in [0.15, 0.2) is 6.29 Å². The van der Waals surface area contributed by atoms with Gasteiger partial charge in [-0.05, 0) is 6.92 Å². The van der Waals surface area contributed by atoms with Gasteiger partial charge in [-0.15, -0.1) is 0 Å². The smallest absolute Gasteiger partial charge is 0.186 e. The van der Waals surface area contributed by atoms with Crippen molar-refractivity contribution in [2.24, 2.45) is 5.92 Å². The van der Waals surface area contributed by atoms with Gasteiger partial charge in [-0.1, -0.05) is 6.92 Å². The molecule has 0 amide bonds. The molecular formula is C8H16O4. The Balaban J connectivity index is 2.73. The van der Waals surface area contributed by atoms with E-state index in [0.717, 1.165) is 0 Å². The van der Waals surface area contributed by atoms with E-state index in [9.17, 15) is 5.11 Å². The molecule has 1 rings (SSSR count). The van der Waals surface area contributed by atoms with Crippen LogP contribution < -0.4 is 0 Å². The summed E-state index contributed by atoms with van der Waals surface area (Å²) in [4.78, 5) is 0. The molecule has 0 unspecified atom stereocenters. The second-order valence-corrected chi connectivity index (χ2v) is 3.44. The van der Waals surface area contributed by atoms with Crippen molar-refractivity contribution in [3.05, 3.63) is 0 Å². The van der Waals surface area contributed by atoms with Crippen LogP contribution in [0.15, 0.2) is 0 Å². The topological polar surface area (TPSA) is 58.9 Å². The Morgan fingerprint density at radius 2 is 2.17 bits per heavy atom. The van der Waals surface area contributed by atoms with Crippen LogP contribution in [0.25, 0.3) is 0 Å². The molecule has 4 nitrogen and oxygen atoms in total. The fraction of sp³-hybridized carbons (Fsp3) is 1.00. The number of rotatable bonds is 2. The average Bonchev–Trinajstić information content (AvgIpc) is 2.25. The van der Waals surface area contributed by atoms with Crippen LogP contribution in [0.3, 0.4) is 0 Å². The Morgan fingerprint density at radius 3 is 2.42 bits per heavy atom. The van der Waals surface area contributed by atoms with Crippen molar-refractivity contribution >= 4 is 0 Å². The molecule has 4 atom stereocenters. The van der Waals surface area contributed by atoms with Crippen LogP contribution in [0, 0.1) is 5.92 Å². The third-order valence-electron chi connectivity index (χ3n) is 2.65. The van der Waals surface area contributed by atoms with Crippen molar-refractivity contribution in [2.75, 3.05) is 13.7 Å². The number of ether oxygens (including phenoxy) is 2. The average molecular weight is 176 g/mol. The number of methoxy groups -OCH3 is 1. The predicted octanol–water partition coefficient (Wildman–Crippen LogP) is -0.263. The minimum absolute atomic E-state index is 0.0861. The first-order valence-electron chi connectivity index (χ1n) is 4.05. The molecule has 1 heterocycles. The summed E-state index contributed by atoms with van der Waals surface area (Å²) in [6, 6.07) is 0. The number of aliphatic hydroxyl groups is 2. The van der Waals surface area contributed by atoms with E-state index in [1.807, 2.05) is 6.92 Å². The molecule has 0 bridgehead atoms. The SMILES string of the molecule is CO[C@H]1O[C@H](CO)[C@@H](C)[C@@]1(C)O. The van der Waals surface area contributed by atoms with Crippen molar-refractivity contribution in [3.63, 3.8) is 0 Å². The van der Waals surface area contributed by atoms with Crippen LogP contribution in [0.1, 0.15) is 13.8 Å². The Labute approximate surface area is 72.1 Å². The zero-order chi connectivity index (χ0) is 9.35.